The third-order valence-electron chi connectivity index (χ3n) is 4.22. The molecule has 0 saturated carbocycles. The van der Waals surface area contributed by atoms with Crippen molar-refractivity contribution in [3.8, 4) is 0 Å². The molecule has 1 aromatic carbocycles. The summed E-state index contributed by atoms with van der Waals surface area (Å²) in [5.41, 5.74) is 1.56. The fourth-order valence-electron chi connectivity index (χ4n) is 2.85. The Morgan fingerprint density at radius 2 is 2.03 bits per heavy atom. The first-order valence-electron chi connectivity index (χ1n) is 8.93. The summed E-state index contributed by atoms with van der Waals surface area (Å²) in [5.74, 6) is -0.853. The highest BCUT2D eigenvalue weighted by atomic mass is 35.5. The molecule has 0 bridgehead atoms. The minimum Gasteiger partial charge on any atom is -0.459 e. The molecule has 2 aromatic heterocycles. The number of carbonyl (C=O) groups excluding carboxylic acids is 2. The summed E-state index contributed by atoms with van der Waals surface area (Å²) < 4.78 is 6.45. The van der Waals surface area contributed by atoms with Gasteiger partial charge in [-0.25, -0.2) is 9.78 Å². The first-order chi connectivity index (χ1) is 13.7. The lowest BCUT2D eigenvalue weighted by molar-refractivity contribution is -0.116. The van der Waals surface area contributed by atoms with E-state index in [2.05, 4.69) is 10.3 Å². The van der Waals surface area contributed by atoms with Gasteiger partial charge in [0.05, 0.1) is 17.8 Å². The fraction of sp³-hybridized carbons (Fsp3) is 0.300. The first-order valence-corrected chi connectivity index (χ1v) is 10.1. The van der Waals surface area contributed by atoms with Crippen molar-refractivity contribution in [3.05, 3.63) is 55.9 Å². The Morgan fingerprint density at radius 3 is 2.69 bits per heavy atom. The molecule has 7 nitrogen and oxygen atoms in total. The van der Waals surface area contributed by atoms with Gasteiger partial charge in [-0.1, -0.05) is 11.6 Å². The molecule has 0 aliphatic heterocycles. The second-order valence-corrected chi connectivity index (χ2v) is 8.31. The molecule has 152 valence electrons. The van der Waals surface area contributed by atoms with E-state index in [1.165, 1.54) is 10.9 Å². The van der Waals surface area contributed by atoms with Gasteiger partial charge in [-0.3, -0.25) is 14.2 Å². The zero-order valence-electron chi connectivity index (χ0n) is 16.4. The number of thiophene rings is 1. The van der Waals surface area contributed by atoms with Crippen molar-refractivity contribution in [1.82, 2.24) is 9.55 Å². The quantitative estimate of drug-likeness (QED) is 0.615. The number of fused-ring (bicyclic) bond motifs is 1. The highest BCUT2D eigenvalue weighted by Gasteiger charge is 2.21. The van der Waals surface area contributed by atoms with Gasteiger partial charge in [0.15, 0.2) is 0 Å². The molecule has 0 unspecified atom stereocenters. The van der Waals surface area contributed by atoms with E-state index in [0.29, 0.717) is 31.4 Å². The molecule has 9 heteroatoms. The predicted octanol–water partition coefficient (Wildman–Crippen LogP) is 3.93. The lowest BCUT2D eigenvalue weighted by Gasteiger charge is -2.10. The number of halogens is 1. The lowest BCUT2D eigenvalue weighted by atomic mass is 10.2. The SMILES string of the molecule is Cc1cc(Cl)ccc1NC(=O)Cn1cnc2sc(C(=O)OC(C)C)c(C)c2c1=O. The van der Waals surface area contributed by atoms with Gasteiger partial charge in [0.1, 0.15) is 16.3 Å². The van der Waals surface area contributed by atoms with Crippen LogP contribution in [0.5, 0.6) is 0 Å². The molecule has 0 radical (unpaired) electrons. The normalized spacial score (nSPS) is 11.1. The summed E-state index contributed by atoms with van der Waals surface area (Å²) in [7, 11) is 0. The number of aromatic nitrogens is 2. The van der Waals surface area contributed by atoms with Crippen LogP contribution in [0.2, 0.25) is 5.02 Å². The Bertz CT molecular complexity index is 1170. The maximum absolute atomic E-state index is 12.9. The van der Waals surface area contributed by atoms with Crippen LogP contribution in [0.1, 0.15) is 34.6 Å². The second-order valence-electron chi connectivity index (χ2n) is 6.88. The number of carbonyl (C=O) groups is 2. The van der Waals surface area contributed by atoms with Crippen molar-refractivity contribution >= 4 is 50.7 Å². The van der Waals surface area contributed by atoms with Gasteiger partial charge in [0.25, 0.3) is 5.56 Å². The Labute approximate surface area is 176 Å². The monoisotopic (exact) mass is 433 g/mol. The van der Waals surface area contributed by atoms with Gasteiger partial charge >= 0.3 is 5.97 Å². The Kier molecular flexibility index (Phi) is 6.04. The standard InChI is InChI=1S/C20H20ClN3O4S/c1-10(2)28-20(27)17-12(4)16-18(29-17)22-9-24(19(16)26)8-15(25)23-14-6-5-13(21)7-11(14)3/h5-7,9-10H,8H2,1-4H3,(H,23,25). The third-order valence-corrected chi connectivity index (χ3v) is 5.64. The van der Waals surface area contributed by atoms with Crippen molar-refractivity contribution in [2.75, 3.05) is 5.32 Å². The summed E-state index contributed by atoms with van der Waals surface area (Å²) in [6, 6.07) is 5.12. The number of esters is 1. The highest BCUT2D eigenvalue weighted by Crippen LogP contribution is 2.27. The van der Waals surface area contributed by atoms with Crippen LogP contribution < -0.4 is 10.9 Å². The summed E-state index contributed by atoms with van der Waals surface area (Å²) in [5, 5.41) is 3.66. The first kappa shape index (κ1) is 21.0. The number of aryl methyl sites for hydroxylation is 2. The number of ether oxygens (including phenoxy) is 1. The van der Waals surface area contributed by atoms with E-state index in [0.717, 1.165) is 16.9 Å². The minimum atomic E-state index is -0.484. The van der Waals surface area contributed by atoms with Gasteiger partial charge in [-0.05, 0) is 57.0 Å². The topological polar surface area (TPSA) is 90.3 Å². The molecule has 3 aromatic rings. The average molecular weight is 434 g/mol. The Balaban J connectivity index is 1.87. The molecule has 29 heavy (non-hydrogen) atoms. The maximum atomic E-state index is 12.9. The van der Waals surface area contributed by atoms with Crippen LogP contribution in [0.15, 0.2) is 29.3 Å². The number of hydrogen-bond acceptors (Lipinski definition) is 6. The van der Waals surface area contributed by atoms with Gasteiger partial charge in [0.2, 0.25) is 5.91 Å². The van der Waals surface area contributed by atoms with Crippen molar-refractivity contribution in [2.24, 2.45) is 0 Å². The molecular weight excluding hydrogens is 414 g/mol. The van der Waals surface area contributed by atoms with E-state index in [1.807, 2.05) is 6.92 Å². The Morgan fingerprint density at radius 1 is 1.31 bits per heavy atom. The fourth-order valence-corrected chi connectivity index (χ4v) is 4.09. The van der Waals surface area contributed by atoms with Crippen LogP contribution in [0.25, 0.3) is 10.2 Å². The van der Waals surface area contributed by atoms with Crippen LogP contribution in [-0.4, -0.2) is 27.5 Å². The van der Waals surface area contributed by atoms with Crippen LogP contribution in [0.4, 0.5) is 5.69 Å². The van der Waals surface area contributed by atoms with Crippen molar-refractivity contribution in [1.29, 1.82) is 0 Å². The van der Waals surface area contributed by atoms with Gasteiger partial charge in [-0.15, -0.1) is 11.3 Å². The van der Waals surface area contributed by atoms with Crippen LogP contribution in [-0.2, 0) is 16.1 Å². The average Bonchev–Trinajstić information content (AvgIpc) is 2.97. The molecule has 1 N–H and O–H groups in total. The summed E-state index contributed by atoms with van der Waals surface area (Å²) >= 11 is 7.04. The van der Waals surface area contributed by atoms with E-state index < -0.39 is 5.97 Å². The van der Waals surface area contributed by atoms with Crippen LogP contribution in [0, 0.1) is 13.8 Å². The predicted molar refractivity (Wildman–Crippen MR) is 114 cm³/mol. The van der Waals surface area contributed by atoms with Crippen LogP contribution in [0.3, 0.4) is 0 Å². The number of nitrogens with one attached hydrogen (secondary N) is 1. The minimum absolute atomic E-state index is 0.203. The van der Waals surface area contributed by atoms with Crippen molar-refractivity contribution in [2.45, 2.75) is 40.3 Å². The Hall–Kier alpha value is -2.71. The maximum Gasteiger partial charge on any atom is 0.348 e. The van der Waals surface area contributed by atoms with Gasteiger partial charge in [0, 0.05) is 10.7 Å². The molecule has 0 aliphatic carbocycles. The molecule has 3 rings (SSSR count). The zero-order valence-corrected chi connectivity index (χ0v) is 18.0. The smallest absolute Gasteiger partial charge is 0.348 e. The third kappa shape index (κ3) is 4.49. The molecule has 0 saturated heterocycles. The number of rotatable bonds is 5. The molecule has 0 fully saturated rings. The number of nitrogens with zero attached hydrogens (tertiary/aromatic N) is 2. The molecule has 2 heterocycles. The van der Waals surface area contributed by atoms with Crippen molar-refractivity contribution < 1.29 is 14.3 Å². The molecular formula is C20H20ClN3O4S. The largest absolute Gasteiger partial charge is 0.459 e. The molecule has 0 aliphatic rings. The molecule has 0 atom stereocenters. The number of hydrogen-bond donors (Lipinski definition) is 1. The number of anilines is 1. The van der Waals surface area contributed by atoms with E-state index >= 15 is 0 Å². The lowest BCUT2D eigenvalue weighted by Crippen LogP contribution is -2.28. The summed E-state index contributed by atoms with van der Waals surface area (Å²) in [6.45, 7) is 6.82. The van der Waals surface area contributed by atoms with Gasteiger partial charge in [-0.2, -0.15) is 0 Å². The summed E-state index contributed by atoms with van der Waals surface area (Å²) in [4.78, 5) is 42.6. The summed E-state index contributed by atoms with van der Waals surface area (Å²) in [6.07, 6.45) is 1.05. The van der Waals surface area contributed by atoms with E-state index in [4.69, 9.17) is 16.3 Å². The van der Waals surface area contributed by atoms with Crippen molar-refractivity contribution in [3.63, 3.8) is 0 Å². The molecule has 1 amide bonds. The molecule has 0 spiro atoms. The number of benzene rings is 1. The van der Waals surface area contributed by atoms with E-state index in [1.54, 1.807) is 39.0 Å². The van der Waals surface area contributed by atoms with Crippen LogP contribution >= 0.6 is 22.9 Å². The zero-order chi connectivity index (χ0) is 21.3. The van der Waals surface area contributed by atoms with E-state index in [-0.39, 0.29) is 24.1 Å². The second kappa shape index (κ2) is 8.34. The van der Waals surface area contributed by atoms with E-state index in [9.17, 15) is 14.4 Å². The number of amides is 1. The highest BCUT2D eigenvalue weighted by molar-refractivity contribution is 7.20. The van der Waals surface area contributed by atoms with Gasteiger partial charge < -0.3 is 10.1 Å².